The lowest BCUT2D eigenvalue weighted by atomic mass is 10.1. The molecule has 0 bridgehead atoms. The number of carbonyl (C=O) groups is 1. The third-order valence-electron chi connectivity index (χ3n) is 3.11. The van der Waals surface area contributed by atoms with Crippen LogP contribution in [0.25, 0.3) is 0 Å². The predicted molar refractivity (Wildman–Crippen MR) is 79.0 cm³/mol. The number of benzene rings is 1. The van der Waals surface area contributed by atoms with E-state index in [0.717, 1.165) is 6.42 Å². The van der Waals surface area contributed by atoms with Gasteiger partial charge in [0.05, 0.1) is 12.0 Å². The van der Waals surface area contributed by atoms with Crippen molar-refractivity contribution in [2.75, 3.05) is 7.11 Å². The molecule has 0 fully saturated rings. The summed E-state index contributed by atoms with van der Waals surface area (Å²) < 4.78 is 31.9. The van der Waals surface area contributed by atoms with Gasteiger partial charge in [0.25, 0.3) is 0 Å². The van der Waals surface area contributed by atoms with Crippen LogP contribution in [0.3, 0.4) is 0 Å². The van der Waals surface area contributed by atoms with Gasteiger partial charge in [-0.2, -0.15) is 4.72 Å². The standard InChI is InChI=1S/C14H21NO5S/c1-4-5-6-12(14(16)17)15-21(18,19)13-8-7-11(20-3)9-10(13)2/h7-9,12,15H,4-6H2,1-3H3,(H,16,17). The minimum Gasteiger partial charge on any atom is -0.497 e. The van der Waals surface area contributed by atoms with E-state index in [1.807, 2.05) is 6.92 Å². The third-order valence-corrected chi connectivity index (χ3v) is 4.75. The Kier molecular flexibility index (Phi) is 6.17. The number of methoxy groups -OCH3 is 1. The monoisotopic (exact) mass is 315 g/mol. The fourth-order valence-corrected chi connectivity index (χ4v) is 3.39. The van der Waals surface area contributed by atoms with E-state index in [9.17, 15) is 13.2 Å². The van der Waals surface area contributed by atoms with Crippen LogP contribution in [0.4, 0.5) is 0 Å². The molecule has 0 aliphatic rings. The van der Waals surface area contributed by atoms with E-state index in [0.29, 0.717) is 17.7 Å². The van der Waals surface area contributed by atoms with Gasteiger partial charge in [-0.25, -0.2) is 8.42 Å². The number of sulfonamides is 1. The lowest BCUT2D eigenvalue weighted by Crippen LogP contribution is -2.40. The molecule has 7 heteroatoms. The van der Waals surface area contributed by atoms with Crippen LogP contribution in [0, 0.1) is 6.92 Å². The molecule has 2 N–H and O–H groups in total. The van der Waals surface area contributed by atoms with E-state index in [1.54, 1.807) is 13.0 Å². The fourth-order valence-electron chi connectivity index (χ4n) is 1.94. The Labute approximate surface area is 125 Å². The molecule has 1 aromatic carbocycles. The summed E-state index contributed by atoms with van der Waals surface area (Å²) in [5.74, 6) is -0.620. The number of rotatable bonds is 8. The van der Waals surface area contributed by atoms with Crippen molar-refractivity contribution in [3.63, 3.8) is 0 Å². The fraction of sp³-hybridized carbons (Fsp3) is 0.500. The van der Waals surface area contributed by atoms with Crippen LogP contribution in [-0.2, 0) is 14.8 Å². The number of hydrogen-bond donors (Lipinski definition) is 2. The molecule has 0 aliphatic carbocycles. The number of hydrogen-bond acceptors (Lipinski definition) is 4. The molecule has 0 aromatic heterocycles. The quantitative estimate of drug-likeness (QED) is 0.764. The topological polar surface area (TPSA) is 92.7 Å². The van der Waals surface area contributed by atoms with Crippen molar-refractivity contribution < 1.29 is 23.1 Å². The van der Waals surface area contributed by atoms with Gasteiger partial charge in [-0.05, 0) is 37.1 Å². The zero-order chi connectivity index (χ0) is 16.0. The van der Waals surface area contributed by atoms with E-state index in [4.69, 9.17) is 9.84 Å². The summed E-state index contributed by atoms with van der Waals surface area (Å²) in [6, 6.07) is 3.42. The van der Waals surface area contributed by atoms with Crippen molar-refractivity contribution in [3.8, 4) is 5.75 Å². The van der Waals surface area contributed by atoms with Crippen molar-refractivity contribution in [2.45, 2.75) is 44.0 Å². The van der Waals surface area contributed by atoms with Crippen LogP contribution in [0.5, 0.6) is 5.75 Å². The Morgan fingerprint density at radius 1 is 1.43 bits per heavy atom. The summed E-state index contributed by atoms with van der Waals surface area (Å²) in [5, 5.41) is 9.11. The van der Waals surface area contributed by atoms with Crippen molar-refractivity contribution in [1.82, 2.24) is 4.72 Å². The highest BCUT2D eigenvalue weighted by atomic mass is 32.2. The summed E-state index contributed by atoms with van der Waals surface area (Å²) in [4.78, 5) is 11.2. The van der Waals surface area contributed by atoms with E-state index >= 15 is 0 Å². The molecule has 1 unspecified atom stereocenters. The van der Waals surface area contributed by atoms with E-state index in [-0.39, 0.29) is 11.3 Å². The molecular formula is C14H21NO5S. The van der Waals surface area contributed by atoms with Gasteiger partial charge in [0.1, 0.15) is 11.8 Å². The maximum absolute atomic E-state index is 12.3. The molecule has 0 aliphatic heterocycles. The number of aliphatic carboxylic acids is 1. The minimum atomic E-state index is -3.88. The first-order valence-electron chi connectivity index (χ1n) is 6.71. The molecule has 0 amide bonds. The molecule has 1 rings (SSSR count). The molecule has 21 heavy (non-hydrogen) atoms. The molecule has 1 atom stereocenters. The van der Waals surface area contributed by atoms with Crippen molar-refractivity contribution in [3.05, 3.63) is 23.8 Å². The Balaban J connectivity index is 3.01. The average molecular weight is 315 g/mol. The molecule has 0 heterocycles. The van der Waals surface area contributed by atoms with Gasteiger partial charge in [-0.3, -0.25) is 4.79 Å². The second-order valence-electron chi connectivity index (χ2n) is 4.79. The Morgan fingerprint density at radius 2 is 2.10 bits per heavy atom. The maximum Gasteiger partial charge on any atom is 0.321 e. The molecular weight excluding hydrogens is 294 g/mol. The highest BCUT2D eigenvalue weighted by Crippen LogP contribution is 2.21. The van der Waals surface area contributed by atoms with Gasteiger partial charge in [-0.15, -0.1) is 0 Å². The number of carboxylic acids is 1. The van der Waals surface area contributed by atoms with E-state index in [1.165, 1.54) is 19.2 Å². The zero-order valence-corrected chi connectivity index (χ0v) is 13.2. The molecule has 118 valence electrons. The van der Waals surface area contributed by atoms with Crippen LogP contribution in [-0.4, -0.2) is 32.6 Å². The zero-order valence-electron chi connectivity index (χ0n) is 12.4. The second-order valence-corrected chi connectivity index (χ2v) is 6.47. The summed E-state index contributed by atoms with van der Waals surface area (Å²) in [5.41, 5.74) is 0.501. The largest absolute Gasteiger partial charge is 0.497 e. The van der Waals surface area contributed by atoms with Gasteiger partial charge in [0, 0.05) is 0 Å². The van der Waals surface area contributed by atoms with Crippen LogP contribution in [0.1, 0.15) is 31.7 Å². The number of nitrogens with one attached hydrogen (secondary N) is 1. The number of unbranched alkanes of at least 4 members (excludes halogenated alkanes) is 1. The van der Waals surface area contributed by atoms with Crippen molar-refractivity contribution in [2.24, 2.45) is 0 Å². The summed E-state index contributed by atoms with van der Waals surface area (Å²) >= 11 is 0. The Bertz CT molecular complexity index is 597. The normalized spacial score (nSPS) is 12.9. The molecule has 1 aromatic rings. The van der Waals surface area contributed by atoms with Crippen LogP contribution in [0.2, 0.25) is 0 Å². The van der Waals surface area contributed by atoms with Crippen LogP contribution < -0.4 is 9.46 Å². The van der Waals surface area contributed by atoms with Gasteiger partial charge >= 0.3 is 5.97 Å². The number of ether oxygens (including phenoxy) is 1. The third kappa shape index (κ3) is 4.71. The Morgan fingerprint density at radius 3 is 2.57 bits per heavy atom. The van der Waals surface area contributed by atoms with E-state index in [2.05, 4.69) is 4.72 Å². The van der Waals surface area contributed by atoms with Gasteiger partial charge in [0.2, 0.25) is 10.0 Å². The smallest absolute Gasteiger partial charge is 0.321 e. The second kappa shape index (κ2) is 7.42. The highest BCUT2D eigenvalue weighted by molar-refractivity contribution is 7.89. The summed E-state index contributed by atoms with van der Waals surface area (Å²) in [6.45, 7) is 3.56. The average Bonchev–Trinajstić information content (AvgIpc) is 2.42. The van der Waals surface area contributed by atoms with E-state index < -0.39 is 22.0 Å². The molecule has 0 saturated carbocycles. The van der Waals surface area contributed by atoms with Crippen molar-refractivity contribution >= 4 is 16.0 Å². The molecule has 0 radical (unpaired) electrons. The predicted octanol–water partition coefficient (Wildman–Crippen LogP) is 1.93. The van der Waals surface area contributed by atoms with Crippen LogP contribution >= 0.6 is 0 Å². The minimum absolute atomic E-state index is 0.0612. The first kappa shape index (κ1) is 17.5. The van der Waals surface area contributed by atoms with Gasteiger partial charge in [0.15, 0.2) is 0 Å². The van der Waals surface area contributed by atoms with Crippen molar-refractivity contribution in [1.29, 1.82) is 0 Å². The lowest BCUT2D eigenvalue weighted by molar-refractivity contribution is -0.139. The number of carboxylic acid groups (broad SMARTS) is 1. The number of aryl methyl sites for hydroxylation is 1. The highest BCUT2D eigenvalue weighted by Gasteiger charge is 2.26. The van der Waals surface area contributed by atoms with Gasteiger partial charge in [-0.1, -0.05) is 19.8 Å². The summed E-state index contributed by atoms with van der Waals surface area (Å²) in [6.07, 6.45) is 1.70. The summed E-state index contributed by atoms with van der Waals surface area (Å²) in [7, 11) is -2.38. The molecule has 0 spiro atoms. The first-order chi connectivity index (χ1) is 9.81. The molecule has 0 saturated heterocycles. The lowest BCUT2D eigenvalue weighted by Gasteiger charge is -2.16. The first-order valence-corrected chi connectivity index (χ1v) is 8.20. The van der Waals surface area contributed by atoms with Crippen LogP contribution in [0.15, 0.2) is 23.1 Å². The SMILES string of the molecule is CCCCC(NS(=O)(=O)c1ccc(OC)cc1C)C(=O)O. The van der Waals surface area contributed by atoms with Gasteiger partial charge < -0.3 is 9.84 Å². The Hall–Kier alpha value is -1.60. The maximum atomic E-state index is 12.3. The molecule has 6 nitrogen and oxygen atoms in total.